The fourth-order valence-corrected chi connectivity index (χ4v) is 1.86. The summed E-state index contributed by atoms with van der Waals surface area (Å²) in [6, 6.07) is 0. The lowest BCUT2D eigenvalue weighted by Gasteiger charge is -2.26. The fourth-order valence-electron chi connectivity index (χ4n) is 1.86. The Morgan fingerprint density at radius 1 is 1.42 bits per heavy atom. The molecule has 1 aliphatic heterocycles. The number of carbonyl (C=O) groups is 1. The van der Waals surface area contributed by atoms with Gasteiger partial charge in [-0.15, -0.1) is 0 Å². The highest BCUT2D eigenvalue weighted by Crippen LogP contribution is 2.06. The van der Waals surface area contributed by atoms with Gasteiger partial charge < -0.3 is 9.64 Å². The normalized spacial score (nSPS) is 15.9. The molecule has 1 saturated heterocycles. The van der Waals surface area contributed by atoms with Crippen molar-refractivity contribution in [2.45, 2.75) is 19.8 Å². The van der Waals surface area contributed by atoms with Crippen LogP contribution in [0.15, 0.2) is 18.5 Å². The molecule has 1 aromatic rings. The highest BCUT2D eigenvalue weighted by atomic mass is 16.5. The first-order valence-electron chi connectivity index (χ1n) is 6.67. The molecule has 0 aromatic carbocycles. The Labute approximate surface area is 113 Å². The number of morpholine rings is 1. The Morgan fingerprint density at radius 3 is 2.95 bits per heavy atom. The minimum absolute atomic E-state index is 0.0680. The molecular formula is C14H19N3O2. The summed E-state index contributed by atoms with van der Waals surface area (Å²) in [5, 5.41) is 0. The van der Waals surface area contributed by atoms with Crippen LogP contribution in [0.3, 0.4) is 0 Å². The van der Waals surface area contributed by atoms with E-state index in [9.17, 15) is 4.79 Å². The second-order valence-corrected chi connectivity index (χ2v) is 4.42. The standard InChI is InChI=1S/C14H19N3O2/c1-2-3-4-5-12-10-15-11-13(16-12)14(18)17-6-8-19-9-7-17/h4-5,10-11H,2-3,6-9H2,1H3. The summed E-state index contributed by atoms with van der Waals surface area (Å²) in [5.74, 6) is -0.0680. The second kappa shape index (κ2) is 6.99. The predicted molar refractivity (Wildman–Crippen MR) is 72.7 cm³/mol. The molecule has 102 valence electrons. The first-order valence-corrected chi connectivity index (χ1v) is 6.67. The van der Waals surface area contributed by atoms with E-state index in [0.717, 1.165) is 18.5 Å². The van der Waals surface area contributed by atoms with Gasteiger partial charge in [0.05, 0.1) is 31.3 Å². The van der Waals surface area contributed by atoms with Gasteiger partial charge in [0, 0.05) is 13.1 Å². The number of amides is 1. The van der Waals surface area contributed by atoms with Crippen molar-refractivity contribution in [2.24, 2.45) is 0 Å². The summed E-state index contributed by atoms with van der Waals surface area (Å²) in [5.41, 5.74) is 1.13. The number of ether oxygens (including phenoxy) is 1. The molecule has 0 radical (unpaired) electrons. The number of rotatable bonds is 4. The van der Waals surface area contributed by atoms with E-state index < -0.39 is 0 Å². The molecule has 5 nitrogen and oxygen atoms in total. The third kappa shape index (κ3) is 3.86. The molecule has 1 fully saturated rings. The van der Waals surface area contributed by atoms with Crippen molar-refractivity contribution in [3.05, 3.63) is 29.9 Å². The number of carbonyl (C=O) groups excluding carboxylic acids is 1. The number of unbranched alkanes of at least 4 members (excludes halogenated alkanes) is 1. The van der Waals surface area contributed by atoms with E-state index in [4.69, 9.17) is 4.74 Å². The topological polar surface area (TPSA) is 55.3 Å². The van der Waals surface area contributed by atoms with Crippen LogP contribution in [0.25, 0.3) is 6.08 Å². The molecule has 0 saturated carbocycles. The molecule has 0 bridgehead atoms. The highest BCUT2D eigenvalue weighted by molar-refractivity contribution is 5.92. The van der Waals surface area contributed by atoms with Gasteiger partial charge in [-0.2, -0.15) is 0 Å². The van der Waals surface area contributed by atoms with E-state index in [0.29, 0.717) is 32.0 Å². The van der Waals surface area contributed by atoms with Gasteiger partial charge in [0.25, 0.3) is 5.91 Å². The maximum atomic E-state index is 12.2. The minimum Gasteiger partial charge on any atom is -0.378 e. The van der Waals surface area contributed by atoms with Crippen LogP contribution in [0.5, 0.6) is 0 Å². The van der Waals surface area contributed by atoms with Crippen LogP contribution < -0.4 is 0 Å². The molecule has 0 atom stereocenters. The molecule has 19 heavy (non-hydrogen) atoms. The third-order valence-electron chi connectivity index (χ3n) is 2.91. The number of hydrogen-bond acceptors (Lipinski definition) is 4. The van der Waals surface area contributed by atoms with E-state index in [-0.39, 0.29) is 5.91 Å². The van der Waals surface area contributed by atoms with Crippen LogP contribution in [-0.2, 0) is 4.74 Å². The lowest BCUT2D eigenvalue weighted by atomic mass is 10.3. The van der Waals surface area contributed by atoms with Crippen molar-refractivity contribution in [3.8, 4) is 0 Å². The first-order chi connectivity index (χ1) is 9.31. The van der Waals surface area contributed by atoms with Crippen LogP contribution in [0.4, 0.5) is 0 Å². The Hall–Kier alpha value is -1.75. The highest BCUT2D eigenvalue weighted by Gasteiger charge is 2.19. The molecule has 1 amide bonds. The molecule has 0 N–H and O–H groups in total. The van der Waals surface area contributed by atoms with E-state index in [2.05, 4.69) is 16.9 Å². The molecule has 1 aliphatic rings. The smallest absolute Gasteiger partial charge is 0.274 e. The quantitative estimate of drug-likeness (QED) is 0.828. The zero-order valence-corrected chi connectivity index (χ0v) is 11.2. The van der Waals surface area contributed by atoms with E-state index in [1.54, 1.807) is 11.1 Å². The molecule has 0 spiro atoms. The summed E-state index contributed by atoms with van der Waals surface area (Å²) in [6.45, 7) is 4.55. The predicted octanol–water partition coefficient (Wildman–Crippen LogP) is 1.76. The monoisotopic (exact) mass is 261 g/mol. The van der Waals surface area contributed by atoms with Gasteiger partial charge in [0.15, 0.2) is 0 Å². The lowest BCUT2D eigenvalue weighted by Crippen LogP contribution is -2.41. The maximum absolute atomic E-state index is 12.2. The van der Waals surface area contributed by atoms with Crippen LogP contribution in [-0.4, -0.2) is 47.1 Å². The number of aromatic nitrogens is 2. The van der Waals surface area contributed by atoms with Gasteiger partial charge in [0.2, 0.25) is 0 Å². The van der Waals surface area contributed by atoms with E-state index in [1.807, 2.05) is 12.2 Å². The number of nitrogens with zero attached hydrogens (tertiary/aromatic N) is 3. The number of allylic oxidation sites excluding steroid dienone is 1. The Balaban J connectivity index is 2.06. The average molecular weight is 261 g/mol. The molecule has 5 heteroatoms. The van der Waals surface area contributed by atoms with Crippen LogP contribution in [0.1, 0.15) is 35.9 Å². The summed E-state index contributed by atoms with van der Waals surface area (Å²) in [4.78, 5) is 22.4. The Morgan fingerprint density at radius 2 is 2.21 bits per heavy atom. The minimum atomic E-state index is -0.0680. The van der Waals surface area contributed by atoms with Gasteiger partial charge in [-0.25, -0.2) is 4.98 Å². The summed E-state index contributed by atoms with van der Waals surface area (Å²) in [6.07, 6.45) is 9.25. The average Bonchev–Trinajstić information content (AvgIpc) is 2.48. The molecule has 1 aromatic heterocycles. The summed E-state index contributed by atoms with van der Waals surface area (Å²) in [7, 11) is 0. The van der Waals surface area contributed by atoms with Crippen molar-refractivity contribution >= 4 is 12.0 Å². The molecular weight excluding hydrogens is 242 g/mol. The van der Waals surface area contributed by atoms with Gasteiger partial charge in [-0.3, -0.25) is 9.78 Å². The SMILES string of the molecule is CCCC=Cc1cncc(C(=O)N2CCOCC2)n1. The molecule has 2 heterocycles. The van der Waals surface area contributed by atoms with Gasteiger partial charge in [0.1, 0.15) is 5.69 Å². The largest absolute Gasteiger partial charge is 0.378 e. The summed E-state index contributed by atoms with van der Waals surface area (Å²) < 4.78 is 5.23. The molecule has 0 unspecified atom stereocenters. The second-order valence-electron chi connectivity index (χ2n) is 4.42. The van der Waals surface area contributed by atoms with Gasteiger partial charge in [-0.05, 0) is 12.5 Å². The Bertz CT molecular complexity index is 454. The first kappa shape index (κ1) is 13.7. The van der Waals surface area contributed by atoms with Crippen molar-refractivity contribution < 1.29 is 9.53 Å². The van der Waals surface area contributed by atoms with E-state index >= 15 is 0 Å². The van der Waals surface area contributed by atoms with Crippen molar-refractivity contribution in [3.63, 3.8) is 0 Å². The number of hydrogen-bond donors (Lipinski definition) is 0. The van der Waals surface area contributed by atoms with Crippen molar-refractivity contribution in [2.75, 3.05) is 26.3 Å². The van der Waals surface area contributed by atoms with Crippen LogP contribution >= 0.6 is 0 Å². The van der Waals surface area contributed by atoms with E-state index in [1.165, 1.54) is 6.20 Å². The van der Waals surface area contributed by atoms with Crippen molar-refractivity contribution in [1.29, 1.82) is 0 Å². The fraction of sp³-hybridized carbons (Fsp3) is 0.500. The zero-order chi connectivity index (χ0) is 13.5. The third-order valence-corrected chi connectivity index (χ3v) is 2.91. The zero-order valence-electron chi connectivity index (χ0n) is 11.2. The van der Waals surface area contributed by atoms with Crippen molar-refractivity contribution in [1.82, 2.24) is 14.9 Å². The molecule has 2 rings (SSSR count). The van der Waals surface area contributed by atoms with Gasteiger partial charge in [-0.1, -0.05) is 19.4 Å². The van der Waals surface area contributed by atoms with Crippen LogP contribution in [0.2, 0.25) is 0 Å². The summed E-state index contributed by atoms with van der Waals surface area (Å²) >= 11 is 0. The van der Waals surface area contributed by atoms with Gasteiger partial charge >= 0.3 is 0 Å². The maximum Gasteiger partial charge on any atom is 0.274 e. The lowest BCUT2D eigenvalue weighted by molar-refractivity contribution is 0.0298. The van der Waals surface area contributed by atoms with Crippen LogP contribution in [0, 0.1) is 0 Å². The Kier molecular flexibility index (Phi) is 5.03. The molecule has 0 aliphatic carbocycles.